The molecule has 6 heteroatoms. The molecule has 1 aromatic carbocycles. The van der Waals surface area contributed by atoms with E-state index in [1.807, 2.05) is 49.5 Å². The highest BCUT2D eigenvalue weighted by atomic mass is 16.5. The lowest BCUT2D eigenvalue weighted by molar-refractivity contribution is -0.121. The van der Waals surface area contributed by atoms with Crippen LogP contribution in [0, 0.1) is 0 Å². The first-order valence-corrected chi connectivity index (χ1v) is 10.1. The first-order valence-electron chi connectivity index (χ1n) is 10.1. The summed E-state index contributed by atoms with van der Waals surface area (Å²) in [5.41, 5.74) is 1.01. The molecule has 1 amide bonds. The van der Waals surface area contributed by atoms with Gasteiger partial charge in [0.2, 0.25) is 5.91 Å². The van der Waals surface area contributed by atoms with Gasteiger partial charge in [0.15, 0.2) is 11.5 Å². The van der Waals surface area contributed by atoms with E-state index in [4.69, 9.17) is 9.47 Å². The molecule has 2 heterocycles. The van der Waals surface area contributed by atoms with Gasteiger partial charge in [0.25, 0.3) is 0 Å². The Balaban J connectivity index is 1.34. The number of hydrogen-bond acceptors (Lipinski definition) is 5. The lowest BCUT2D eigenvalue weighted by Gasteiger charge is -2.16. The van der Waals surface area contributed by atoms with Crippen molar-refractivity contribution in [1.82, 2.24) is 10.3 Å². The fourth-order valence-corrected chi connectivity index (χ4v) is 3.20. The summed E-state index contributed by atoms with van der Waals surface area (Å²) in [4.78, 5) is 18.9. The number of pyridine rings is 1. The van der Waals surface area contributed by atoms with Gasteiger partial charge in [0.05, 0.1) is 13.2 Å². The van der Waals surface area contributed by atoms with Crippen molar-refractivity contribution < 1.29 is 14.3 Å². The van der Waals surface area contributed by atoms with E-state index >= 15 is 0 Å². The third-order valence-electron chi connectivity index (χ3n) is 4.68. The zero-order valence-corrected chi connectivity index (χ0v) is 16.5. The van der Waals surface area contributed by atoms with Crippen molar-refractivity contribution in [3.05, 3.63) is 48.2 Å². The average molecular weight is 383 g/mol. The number of rotatable bonds is 10. The van der Waals surface area contributed by atoms with Crippen LogP contribution in [-0.4, -0.2) is 37.2 Å². The summed E-state index contributed by atoms with van der Waals surface area (Å²) in [6.07, 6.45) is 5.40. The SMILES string of the molecule is CCOc1ccccc1OCCCC(=O)NCc1ccc(N2CCCC2)nc1. The lowest BCUT2D eigenvalue weighted by Crippen LogP contribution is -2.23. The van der Waals surface area contributed by atoms with E-state index in [9.17, 15) is 4.79 Å². The molecule has 28 heavy (non-hydrogen) atoms. The van der Waals surface area contributed by atoms with Crippen molar-refractivity contribution >= 4 is 11.7 Å². The van der Waals surface area contributed by atoms with Gasteiger partial charge in [-0.3, -0.25) is 4.79 Å². The highest BCUT2D eigenvalue weighted by molar-refractivity contribution is 5.75. The van der Waals surface area contributed by atoms with E-state index in [1.54, 1.807) is 0 Å². The van der Waals surface area contributed by atoms with Crippen LogP contribution in [0.25, 0.3) is 0 Å². The number of hydrogen-bond donors (Lipinski definition) is 1. The van der Waals surface area contributed by atoms with Crippen molar-refractivity contribution in [2.75, 3.05) is 31.2 Å². The molecule has 1 aliphatic rings. The van der Waals surface area contributed by atoms with Gasteiger partial charge in [0.1, 0.15) is 5.82 Å². The highest BCUT2D eigenvalue weighted by Gasteiger charge is 2.13. The standard InChI is InChI=1S/C22H29N3O3/c1-2-27-19-8-3-4-9-20(19)28-15-7-10-22(26)24-17-18-11-12-21(23-16-18)25-13-5-6-14-25/h3-4,8-9,11-12,16H,2,5-7,10,13-15,17H2,1H3,(H,24,26). The van der Waals surface area contributed by atoms with Crippen molar-refractivity contribution in [3.63, 3.8) is 0 Å². The average Bonchev–Trinajstić information content (AvgIpc) is 3.26. The number of anilines is 1. The van der Waals surface area contributed by atoms with Gasteiger partial charge in [0, 0.05) is 32.3 Å². The molecule has 150 valence electrons. The third-order valence-corrected chi connectivity index (χ3v) is 4.68. The maximum absolute atomic E-state index is 12.1. The van der Waals surface area contributed by atoms with E-state index in [0.29, 0.717) is 38.3 Å². The molecule has 1 aliphatic heterocycles. The lowest BCUT2D eigenvalue weighted by atomic mass is 10.2. The van der Waals surface area contributed by atoms with Crippen LogP contribution in [-0.2, 0) is 11.3 Å². The molecule has 0 atom stereocenters. The van der Waals surface area contributed by atoms with E-state index in [0.717, 1.165) is 30.2 Å². The minimum Gasteiger partial charge on any atom is -0.490 e. The first kappa shape index (κ1) is 20.0. The molecule has 0 radical (unpaired) electrons. The molecule has 0 aliphatic carbocycles. The Kier molecular flexibility index (Phi) is 7.53. The van der Waals surface area contributed by atoms with Crippen molar-refractivity contribution in [1.29, 1.82) is 0 Å². The molecule has 3 rings (SSSR count). The predicted octanol–water partition coefficient (Wildman–Crippen LogP) is 3.56. The maximum Gasteiger partial charge on any atom is 0.220 e. The van der Waals surface area contributed by atoms with Crippen molar-refractivity contribution in [2.24, 2.45) is 0 Å². The smallest absolute Gasteiger partial charge is 0.220 e. The molecular weight excluding hydrogens is 354 g/mol. The number of benzene rings is 1. The van der Waals surface area contributed by atoms with E-state index in [2.05, 4.69) is 15.2 Å². The quantitative estimate of drug-likeness (QED) is 0.636. The summed E-state index contributed by atoms with van der Waals surface area (Å²) in [5.74, 6) is 2.50. The summed E-state index contributed by atoms with van der Waals surface area (Å²) in [7, 11) is 0. The maximum atomic E-state index is 12.1. The van der Waals surface area contributed by atoms with E-state index in [-0.39, 0.29) is 5.91 Å². The summed E-state index contributed by atoms with van der Waals surface area (Å²) in [5, 5.41) is 2.95. The van der Waals surface area contributed by atoms with Crippen LogP contribution in [0.2, 0.25) is 0 Å². The fourth-order valence-electron chi connectivity index (χ4n) is 3.20. The number of nitrogens with zero attached hydrogens (tertiary/aromatic N) is 2. The number of para-hydroxylation sites is 2. The Morgan fingerprint density at radius 3 is 2.54 bits per heavy atom. The monoisotopic (exact) mass is 383 g/mol. The number of ether oxygens (including phenoxy) is 2. The van der Waals surface area contributed by atoms with Gasteiger partial charge in [-0.2, -0.15) is 0 Å². The topological polar surface area (TPSA) is 63.7 Å². The Morgan fingerprint density at radius 2 is 1.86 bits per heavy atom. The normalized spacial score (nSPS) is 13.4. The number of carbonyl (C=O) groups is 1. The number of nitrogens with one attached hydrogen (secondary N) is 1. The second kappa shape index (κ2) is 10.5. The van der Waals surface area contributed by atoms with Crippen LogP contribution < -0.4 is 19.7 Å². The van der Waals surface area contributed by atoms with Gasteiger partial charge >= 0.3 is 0 Å². The minimum atomic E-state index is 0.0188. The second-order valence-electron chi connectivity index (χ2n) is 6.83. The zero-order valence-electron chi connectivity index (χ0n) is 16.5. The Morgan fingerprint density at radius 1 is 1.11 bits per heavy atom. The molecule has 1 fully saturated rings. The Labute approximate surface area is 166 Å². The minimum absolute atomic E-state index is 0.0188. The van der Waals surface area contributed by atoms with Gasteiger partial charge in [-0.15, -0.1) is 0 Å². The molecule has 1 aromatic heterocycles. The van der Waals surface area contributed by atoms with E-state index < -0.39 is 0 Å². The molecule has 1 N–H and O–H groups in total. The largest absolute Gasteiger partial charge is 0.490 e. The second-order valence-corrected chi connectivity index (χ2v) is 6.83. The third kappa shape index (κ3) is 5.87. The molecule has 2 aromatic rings. The zero-order chi connectivity index (χ0) is 19.6. The molecular formula is C22H29N3O3. The van der Waals surface area contributed by atoms with Gasteiger partial charge in [-0.1, -0.05) is 18.2 Å². The van der Waals surface area contributed by atoms with Gasteiger partial charge in [-0.25, -0.2) is 4.98 Å². The fraction of sp³-hybridized carbons (Fsp3) is 0.455. The first-order chi connectivity index (χ1) is 13.8. The number of amides is 1. The van der Waals surface area contributed by atoms with Crippen LogP contribution in [0.3, 0.4) is 0 Å². The van der Waals surface area contributed by atoms with E-state index in [1.165, 1.54) is 12.8 Å². The highest BCUT2D eigenvalue weighted by Crippen LogP contribution is 2.26. The summed E-state index contributed by atoms with van der Waals surface area (Å²) >= 11 is 0. The molecule has 6 nitrogen and oxygen atoms in total. The van der Waals surface area contributed by atoms with Crippen LogP contribution >= 0.6 is 0 Å². The van der Waals surface area contributed by atoms with Crippen LogP contribution in [0.4, 0.5) is 5.82 Å². The van der Waals surface area contributed by atoms with Crippen LogP contribution in [0.15, 0.2) is 42.6 Å². The van der Waals surface area contributed by atoms with Crippen molar-refractivity contribution in [2.45, 2.75) is 39.2 Å². The summed E-state index contributed by atoms with van der Waals surface area (Å²) < 4.78 is 11.3. The molecule has 0 bridgehead atoms. The predicted molar refractivity (Wildman–Crippen MR) is 110 cm³/mol. The van der Waals surface area contributed by atoms with Crippen LogP contribution in [0.1, 0.15) is 38.2 Å². The Hall–Kier alpha value is -2.76. The molecule has 0 spiro atoms. The van der Waals surface area contributed by atoms with Crippen LogP contribution in [0.5, 0.6) is 11.5 Å². The number of carbonyl (C=O) groups excluding carboxylic acids is 1. The molecule has 0 unspecified atom stereocenters. The summed E-state index contributed by atoms with van der Waals surface area (Å²) in [6.45, 7) is 5.68. The van der Waals surface area contributed by atoms with Gasteiger partial charge in [-0.05, 0) is 49.9 Å². The summed E-state index contributed by atoms with van der Waals surface area (Å²) in [6, 6.07) is 11.7. The molecule has 1 saturated heterocycles. The van der Waals surface area contributed by atoms with Crippen molar-refractivity contribution in [3.8, 4) is 11.5 Å². The Bertz CT molecular complexity index is 743. The van der Waals surface area contributed by atoms with Gasteiger partial charge < -0.3 is 19.7 Å². The molecule has 0 saturated carbocycles. The number of aromatic nitrogens is 1.